The number of aromatic amines is 1. The first-order chi connectivity index (χ1) is 11.0. The van der Waals surface area contributed by atoms with Crippen molar-refractivity contribution >= 4 is 0 Å². The summed E-state index contributed by atoms with van der Waals surface area (Å²) in [5.74, 6) is -0.237. The molecule has 1 saturated heterocycles. The minimum Gasteiger partial charge on any atom is -0.434 e. The van der Waals surface area contributed by atoms with E-state index in [4.69, 9.17) is 19.0 Å². The summed E-state index contributed by atoms with van der Waals surface area (Å²) in [7, 11) is 0. The summed E-state index contributed by atoms with van der Waals surface area (Å²) >= 11 is 0. The molecule has 4 atom stereocenters. The van der Waals surface area contributed by atoms with Crippen LogP contribution in [0.25, 0.3) is 0 Å². The molecule has 4 N–H and O–H groups in total. The third kappa shape index (κ3) is 2.80. The Bertz CT molecular complexity index is 780. The number of aromatic nitrogens is 2. The molecule has 0 radical (unpaired) electrons. The summed E-state index contributed by atoms with van der Waals surface area (Å²) in [5, 5.41) is 28.8. The van der Waals surface area contributed by atoms with Crippen molar-refractivity contribution in [1.29, 1.82) is 0 Å². The van der Waals surface area contributed by atoms with Crippen LogP contribution < -0.4 is 16.0 Å². The summed E-state index contributed by atoms with van der Waals surface area (Å²) < 4.78 is 16.3. The molecule has 1 fully saturated rings. The van der Waals surface area contributed by atoms with E-state index in [2.05, 4.69) is 0 Å². The van der Waals surface area contributed by atoms with E-state index in [1.807, 2.05) is 4.98 Å². The van der Waals surface area contributed by atoms with E-state index in [0.717, 1.165) is 10.8 Å². The molecule has 10 nitrogen and oxygen atoms in total. The monoisotopic (exact) mass is 326 g/mol. The summed E-state index contributed by atoms with van der Waals surface area (Å²) in [6, 6.07) is 3.01. The maximum absolute atomic E-state index is 11.9. The first-order valence-corrected chi connectivity index (χ1v) is 6.70. The van der Waals surface area contributed by atoms with Gasteiger partial charge in [0.15, 0.2) is 6.23 Å². The minimum absolute atomic E-state index is 0.0295. The van der Waals surface area contributed by atoms with Gasteiger partial charge in [-0.3, -0.25) is 14.3 Å². The molecule has 0 spiro atoms. The van der Waals surface area contributed by atoms with Gasteiger partial charge in [0, 0.05) is 6.07 Å². The van der Waals surface area contributed by atoms with Gasteiger partial charge in [0.05, 0.1) is 19.1 Å². The highest BCUT2D eigenvalue weighted by Gasteiger charge is 2.43. The lowest BCUT2D eigenvalue weighted by atomic mass is 10.1. The number of nitrogens with zero attached hydrogens (tertiary/aromatic N) is 1. The molecule has 0 aliphatic carbocycles. The molecule has 0 unspecified atom stereocenters. The van der Waals surface area contributed by atoms with E-state index < -0.39 is 42.4 Å². The second-order valence-electron chi connectivity index (χ2n) is 4.92. The number of ether oxygens (including phenoxy) is 2. The van der Waals surface area contributed by atoms with Gasteiger partial charge in [-0.05, 0) is 6.07 Å². The van der Waals surface area contributed by atoms with E-state index in [1.54, 1.807) is 6.07 Å². The summed E-state index contributed by atoms with van der Waals surface area (Å²) in [4.78, 5) is 25.7. The van der Waals surface area contributed by atoms with Crippen molar-refractivity contribution in [3.63, 3.8) is 0 Å². The summed E-state index contributed by atoms with van der Waals surface area (Å²) in [6.45, 7) is -0.539. The topological polar surface area (TPSA) is 147 Å². The van der Waals surface area contributed by atoms with Crippen LogP contribution in [0.3, 0.4) is 0 Å². The number of hydrogen-bond acceptors (Lipinski definition) is 8. The highest BCUT2D eigenvalue weighted by atomic mass is 16.6. The minimum atomic E-state index is -1.47. The Hall–Kier alpha value is -2.40. The number of aliphatic hydroxyl groups is 3. The Balaban J connectivity index is 1.96. The van der Waals surface area contributed by atoms with Crippen LogP contribution >= 0.6 is 0 Å². The summed E-state index contributed by atoms with van der Waals surface area (Å²) in [5.41, 5.74) is -1.66. The first kappa shape index (κ1) is 15.5. The lowest BCUT2D eigenvalue weighted by molar-refractivity contribution is -0.0552. The van der Waals surface area contributed by atoms with Crippen LogP contribution in [0.15, 0.2) is 38.6 Å². The average molecular weight is 326 g/mol. The van der Waals surface area contributed by atoms with Crippen LogP contribution in [0.1, 0.15) is 6.23 Å². The van der Waals surface area contributed by atoms with E-state index >= 15 is 0 Å². The molecule has 2 aromatic heterocycles. The molecule has 1 aliphatic heterocycles. The highest BCUT2D eigenvalue weighted by molar-refractivity contribution is 5.19. The molecule has 0 amide bonds. The number of hydrogen-bond donors (Lipinski definition) is 4. The highest BCUT2D eigenvalue weighted by Crippen LogP contribution is 2.28. The molecule has 10 heteroatoms. The zero-order valence-electron chi connectivity index (χ0n) is 11.7. The van der Waals surface area contributed by atoms with Crippen molar-refractivity contribution in [3.05, 3.63) is 45.4 Å². The van der Waals surface area contributed by atoms with Crippen LogP contribution in [-0.4, -0.2) is 49.8 Å². The molecule has 0 bridgehead atoms. The Morgan fingerprint density at radius 1 is 1.30 bits per heavy atom. The first-order valence-electron chi connectivity index (χ1n) is 6.70. The van der Waals surface area contributed by atoms with Gasteiger partial charge < -0.3 is 29.2 Å². The number of rotatable bonds is 4. The van der Waals surface area contributed by atoms with Crippen molar-refractivity contribution in [1.82, 2.24) is 9.55 Å². The molecule has 0 saturated carbocycles. The molecule has 2 aromatic rings. The fourth-order valence-corrected chi connectivity index (χ4v) is 2.27. The van der Waals surface area contributed by atoms with Crippen LogP contribution in [0.4, 0.5) is 0 Å². The predicted octanol–water partition coefficient (Wildman–Crippen LogP) is -1.47. The van der Waals surface area contributed by atoms with E-state index in [1.165, 1.54) is 12.3 Å². The van der Waals surface area contributed by atoms with Gasteiger partial charge in [-0.15, -0.1) is 0 Å². The van der Waals surface area contributed by atoms with E-state index in [-0.39, 0.29) is 11.7 Å². The SMILES string of the molecule is O=c1[nH]c(=O)n([C@@H]2O[C@H](CO)[C@@H](O)[C@H]2O)cc1Oc1ccco1. The van der Waals surface area contributed by atoms with Crippen molar-refractivity contribution in [3.8, 4) is 11.7 Å². The zero-order chi connectivity index (χ0) is 16.6. The molecule has 0 aromatic carbocycles. The van der Waals surface area contributed by atoms with Crippen LogP contribution in [0.2, 0.25) is 0 Å². The standard InChI is InChI=1S/C13H14N2O8/c16-5-7-9(17)10(18)12(23-7)15-4-6(11(19)14-13(15)20)22-8-2-1-3-21-8/h1-4,7,9-10,12,16-18H,5H2,(H,14,19,20)/t7-,9-,10-,12-/m1/s1. The smallest absolute Gasteiger partial charge is 0.330 e. The molecular weight excluding hydrogens is 312 g/mol. The van der Waals surface area contributed by atoms with Crippen molar-refractivity contribution < 1.29 is 29.2 Å². The average Bonchev–Trinajstić information content (AvgIpc) is 3.12. The van der Waals surface area contributed by atoms with Gasteiger partial charge in [0.1, 0.15) is 18.3 Å². The quantitative estimate of drug-likeness (QED) is 0.532. The number of H-pyrrole nitrogens is 1. The van der Waals surface area contributed by atoms with Crippen LogP contribution in [0, 0.1) is 0 Å². The van der Waals surface area contributed by atoms with Gasteiger partial charge in [-0.2, -0.15) is 0 Å². The second kappa shape index (κ2) is 6.01. The third-order valence-electron chi connectivity index (χ3n) is 3.43. The Kier molecular flexibility index (Phi) is 4.05. The number of aliphatic hydroxyl groups excluding tert-OH is 3. The zero-order valence-corrected chi connectivity index (χ0v) is 11.7. The molecule has 1 aliphatic rings. The van der Waals surface area contributed by atoms with Crippen LogP contribution in [-0.2, 0) is 4.74 Å². The third-order valence-corrected chi connectivity index (χ3v) is 3.43. The Morgan fingerprint density at radius 2 is 2.09 bits per heavy atom. The second-order valence-corrected chi connectivity index (χ2v) is 4.92. The van der Waals surface area contributed by atoms with Crippen molar-refractivity contribution in [2.75, 3.05) is 6.61 Å². The van der Waals surface area contributed by atoms with Gasteiger partial charge >= 0.3 is 5.69 Å². The fraction of sp³-hybridized carbons (Fsp3) is 0.385. The van der Waals surface area contributed by atoms with Crippen molar-refractivity contribution in [2.45, 2.75) is 24.5 Å². The Morgan fingerprint density at radius 3 is 2.70 bits per heavy atom. The molecule has 3 heterocycles. The maximum atomic E-state index is 11.9. The molecule has 23 heavy (non-hydrogen) atoms. The number of furan rings is 1. The van der Waals surface area contributed by atoms with Crippen LogP contribution in [0.5, 0.6) is 11.7 Å². The summed E-state index contributed by atoms with van der Waals surface area (Å²) in [6.07, 6.45) is -2.81. The Labute approximate surface area is 128 Å². The van der Waals surface area contributed by atoms with Gasteiger partial charge in [0.25, 0.3) is 11.5 Å². The van der Waals surface area contributed by atoms with Gasteiger partial charge in [-0.1, -0.05) is 0 Å². The lowest BCUT2D eigenvalue weighted by Crippen LogP contribution is -2.38. The van der Waals surface area contributed by atoms with Crippen molar-refractivity contribution in [2.24, 2.45) is 0 Å². The lowest BCUT2D eigenvalue weighted by Gasteiger charge is -2.17. The van der Waals surface area contributed by atoms with Gasteiger partial charge in [-0.25, -0.2) is 4.79 Å². The molecular formula is C13H14N2O8. The normalized spacial score (nSPS) is 27.3. The largest absolute Gasteiger partial charge is 0.434 e. The van der Waals surface area contributed by atoms with E-state index in [9.17, 15) is 19.8 Å². The van der Waals surface area contributed by atoms with Gasteiger partial charge in [0.2, 0.25) is 5.75 Å². The predicted molar refractivity (Wildman–Crippen MR) is 73.1 cm³/mol. The molecule has 124 valence electrons. The fourth-order valence-electron chi connectivity index (χ4n) is 2.27. The molecule has 3 rings (SSSR count). The van der Waals surface area contributed by atoms with E-state index in [0.29, 0.717) is 0 Å². The maximum Gasteiger partial charge on any atom is 0.330 e. The number of nitrogens with one attached hydrogen (secondary N) is 1.